The monoisotopic (exact) mass is 1100 g/mol. The average molecular weight is 1110 g/mol. The molecule has 2 aliphatic rings. The molecule has 8 rings (SSSR count). The molecule has 2 heterocycles. The first-order valence-electron chi connectivity index (χ1n) is 22.2. The van der Waals surface area contributed by atoms with Gasteiger partial charge in [0.2, 0.25) is 21.3 Å². The van der Waals surface area contributed by atoms with Gasteiger partial charge in [-0.3, -0.25) is 25.1 Å². The van der Waals surface area contributed by atoms with Crippen LogP contribution in [0.5, 0.6) is 0 Å². The van der Waals surface area contributed by atoms with E-state index in [2.05, 4.69) is 25.3 Å². The van der Waals surface area contributed by atoms with E-state index >= 15 is 0 Å². The molecule has 0 aliphatic heterocycles. The summed E-state index contributed by atoms with van der Waals surface area (Å²) in [6, 6.07) is 24.8. The number of anilines is 1. The minimum absolute atomic E-state index is 0.0133. The number of hydrogen-bond acceptors (Lipinski definition) is 14. The molecule has 4 atom stereocenters. The minimum Gasteiger partial charge on any atom is -0.445 e. The smallest absolute Gasteiger partial charge is 0.416 e. The largest absolute Gasteiger partial charge is 0.445 e. The van der Waals surface area contributed by atoms with E-state index in [1.807, 2.05) is 50.2 Å². The summed E-state index contributed by atoms with van der Waals surface area (Å²) in [6.07, 6.45) is 1.40. The van der Waals surface area contributed by atoms with Crippen molar-refractivity contribution >= 4 is 87.7 Å². The van der Waals surface area contributed by atoms with Gasteiger partial charge in [-0.1, -0.05) is 145 Å². The van der Waals surface area contributed by atoms with E-state index in [1.165, 1.54) is 35.7 Å². The molecule has 0 saturated heterocycles. The lowest BCUT2D eigenvalue weighted by atomic mass is 10.1. The second-order valence-electron chi connectivity index (χ2n) is 15.9. The first kappa shape index (κ1) is 56.0. The molecule has 6 aromatic rings. The van der Waals surface area contributed by atoms with E-state index in [1.54, 1.807) is 30.3 Å². The van der Waals surface area contributed by atoms with E-state index in [0.29, 0.717) is 40.4 Å². The lowest BCUT2D eigenvalue weighted by Crippen LogP contribution is -2.36. The summed E-state index contributed by atoms with van der Waals surface area (Å²) in [4.78, 5) is 63.0. The number of hydrogen-bond donors (Lipinski definition) is 1. The highest BCUT2D eigenvalue weighted by molar-refractivity contribution is 7.99. The van der Waals surface area contributed by atoms with Crippen LogP contribution < -0.4 is 10.2 Å². The Morgan fingerprint density at radius 2 is 1.12 bits per heavy atom. The summed E-state index contributed by atoms with van der Waals surface area (Å²) in [6.45, 7) is 4.07. The number of benzene rings is 4. The van der Waals surface area contributed by atoms with Crippen molar-refractivity contribution in [2.75, 3.05) is 16.4 Å². The summed E-state index contributed by atoms with van der Waals surface area (Å²) in [5, 5.41) is 24.8. The molecule has 4 aromatic carbocycles. The van der Waals surface area contributed by atoms with Gasteiger partial charge < -0.3 is 14.8 Å². The van der Waals surface area contributed by atoms with Crippen LogP contribution in [0.25, 0.3) is 0 Å². The van der Waals surface area contributed by atoms with E-state index in [4.69, 9.17) is 44.3 Å². The van der Waals surface area contributed by atoms with Gasteiger partial charge in [-0.2, -0.15) is 4.98 Å². The highest BCUT2D eigenvalue weighted by Gasteiger charge is 2.50. The molecule has 2 aliphatic carbocycles. The summed E-state index contributed by atoms with van der Waals surface area (Å²) in [5.74, 6) is -3.00. The van der Waals surface area contributed by atoms with E-state index < -0.39 is 73.8 Å². The maximum atomic E-state index is 13.9. The van der Waals surface area contributed by atoms with Crippen LogP contribution in [0.1, 0.15) is 73.6 Å². The van der Waals surface area contributed by atoms with Crippen LogP contribution in [0.15, 0.2) is 107 Å². The maximum absolute atomic E-state index is 13.9. The van der Waals surface area contributed by atoms with Gasteiger partial charge in [0.25, 0.3) is 0 Å². The molecule has 2 fully saturated rings. The summed E-state index contributed by atoms with van der Waals surface area (Å²) >= 11 is 20.0. The van der Waals surface area contributed by atoms with E-state index in [-0.39, 0.29) is 46.5 Å². The number of nitrogens with one attached hydrogen (secondary N) is 1. The number of carbonyl (C=O) groups excluding carboxylic acids is 2. The fourth-order valence-electron chi connectivity index (χ4n) is 6.89. The Morgan fingerprint density at radius 3 is 1.60 bits per heavy atom. The van der Waals surface area contributed by atoms with Gasteiger partial charge in [-0.25, -0.2) is 42.1 Å². The Morgan fingerprint density at radius 1 is 0.658 bits per heavy atom. The number of halogens is 7. The number of carbonyl (C=O) groups is 2. The van der Waals surface area contributed by atoms with Crippen molar-refractivity contribution in [3.8, 4) is 0 Å². The second kappa shape index (κ2) is 26.6. The Kier molecular flexibility index (Phi) is 20.4. The van der Waals surface area contributed by atoms with Gasteiger partial charge in [0.1, 0.15) is 13.2 Å². The molecule has 16 nitrogen and oxygen atoms in total. The van der Waals surface area contributed by atoms with Gasteiger partial charge in [-0.15, -0.1) is 0 Å². The van der Waals surface area contributed by atoms with Crippen molar-refractivity contribution in [1.82, 2.24) is 25.3 Å². The number of aromatic nitrogens is 4. The zero-order valence-electron chi connectivity index (χ0n) is 38.6. The molecule has 384 valence electrons. The third-order valence-electron chi connectivity index (χ3n) is 10.6. The van der Waals surface area contributed by atoms with Crippen LogP contribution in [0.4, 0.5) is 44.3 Å². The number of nitrogens with zero attached hydrogens (tertiary/aromatic N) is 7. The fraction of sp³-hybridized carbons (Fsp3) is 0.292. The van der Waals surface area contributed by atoms with Crippen LogP contribution in [-0.2, 0) is 22.7 Å². The van der Waals surface area contributed by atoms with Gasteiger partial charge in [-0.05, 0) is 72.2 Å². The third-order valence-corrected chi connectivity index (χ3v) is 13.5. The first-order valence-corrected chi connectivity index (χ1v) is 25.3. The number of rotatable bonds is 17. The Hall–Kier alpha value is -6.33. The average Bonchev–Trinajstić information content (AvgIpc) is 4.31. The van der Waals surface area contributed by atoms with Crippen molar-refractivity contribution < 1.29 is 46.5 Å². The highest BCUT2D eigenvalue weighted by atomic mass is 35.5. The maximum Gasteiger partial charge on any atom is 0.416 e. The number of nitro groups is 2. The van der Waals surface area contributed by atoms with Gasteiger partial charge >= 0.3 is 23.6 Å². The van der Waals surface area contributed by atoms with Crippen LogP contribution in [0.3, 0.4) is 0 Å². The molecule has 0 radical (unpaired) electrons. The molecule has 1 N–H and O–H groups in total. The number of thioether (sulfide) groups is 2. The lowest BCUT2D eigenvalue weighted by molar-refractivity contribution is -0.385. The molecule has 0 bridgehead atoms. The first-order chi connectivity index (χ1) is 35.0. The Labute approximate surface area is 438 Å². The highest BCUT2D eigenvalue weighted by Crippen LogP contribution is 2.49. The molecular weight excluding hydrogens is 1060 g/mol. The molecule has 25 heteroatoms. The standard InChI is InChI=1S/C24H21ClF2N4O4S.C17H15F2NO2.C7H7Cl2N3O2S/c1-2-10-36-23-28-21(25)20(31(33)34)22(29-23)30(24(32)35-13-14-6-4-3-5-7-14)19-12-16(19)15-8-9-17(26)18(27)11-15;18-14-7-6-12(8-15(14)19)13-9-16(13)20-17(21)22-10-11-4-2-1-3-5-11;1-2-3-15-7-10-5(8)4(12(13)14)6(9)11-7/h3-9,11,16,19H,2,10,12-13H2,1H3;1-8,13,16H,9-10H2,(H,20,21);2-3H2,1H3/t16-,19+;13-,16+;/m00./s1. The van der Waals surface area contributed by atoms with E-state index in [9.17, 15) is 47.4 Å². The molecule has 2 aromatic heterocycles. The van der Waals surface area contributed by atoms with Crippen LogP contribution in [0, 0.1) is 43.5 Å². The zero-order valence-corrected chi connectivity index (χ0v) is 42.5. The number of amides is 2. The number of ether oxygens (including phenoxy) is 2. The van der Waals surface area contributed by atoms with Crippen molar-refractivity contribution in [2.24, 2.45) is 0 Å². The molecule has 2 saturated carbocycles. The van der Waals surface area contributed by atoms with E-state index in [0.717, 1.165) is 47.3 Å². The van der Waals surface area contributed by atoms with Gasteiger partial charge in [0, 0.05) is 35.4 Å². The number of alkyl carbamates (subject to hydrolysis) is 1. The second-order valence-corrected chi connectivity index (χ2v) is 19.1. The Balaban J connectivity index is 0.000000199. The lowest BCUT2D eigenvalue weighted by Gasteiger charge is -2.22. The van der Waals surface area contributed by atoms with Gasteiger partial charge in [0.05, 0.1) is 9.85 Å². The minimum atomic E-state index is -1.02. The quantitative estimate of drug-likeness (QED) is 0.0225. The normalized spacial score (nSPS) is 16.1. The molecular formula is C48H43Cl3F4N8O8S2. The van der Waals surface area contributed by atoms with Crippen LogP contribution in [-0.4, -0.2) is 65.6 Å². The topological polar surface area (TPSA) is 206 Å². The van der Waals surface area contributed by atoms with Crippen molar-refractivity contribution in [3.05, 3.63) is 178 Å². The molecule has 0 spiro atoms. The summed E-state index contributed by atoms with van der Waals surface area (Å²) in [7, 11) is 0. The third kappa shape index (κ3) is 15.8. The zero-order chi connectivity index (χ0) is 52.8. The van der Waals surface area contributed by atoms with Crippen molar-refractivity contribution in [2.45, 2.75) is 87.0 Å². The predicted octanol–water partition coefficient (Wildman–Crippen LogP) is 13.5. The van der Waals surface area contributed by atoms with Crippen molar-refractivity contribution in [3.63, 3.8) is 0 Å². The van der Waals surface area contributed by atoms with Crippen LogP contribution in [0.2, 0.25) is 15.5 Å². The summed E-state index contributed by atoms with van der Waals surface area (Å²) < 4.78 is 64.0. The molecule has 0 unspecified atom stereocenters. The van der Waals surface area contributed by atoms with Crippen LogP contribution >= 0.6 is 58.3 Å². The SMILES string of the molecule is CCCSc1nc(Cl)c([N+](=O)[O-])c(Cl)n1.CCCSc1nc(Cl)c([N+](=O)[O-])c(N(C(=O)OCc2ccccc2)[C@@H]2C[C@H]2c2ccc(F)c(F)c2)n1.O=C(N[C@@H]1C[C@H]1c1ccc(F)c(F)c1)OCc1ccccc1. The molecule has 73 heavy (non-hydrogen) atoms. The fourth-order valence-corrected chi connectivity index (χ4v) is 9.19. The summed E-state index contributed by atoms with van der Waals surface area (Å²) in [5.41, 5.74) is 1.68. The van der Waals surface area contributed by atoms with Gasteiger partial charge in [0.15, 0.2) is 33.6 Å². The van der Waals surface area contributed by atoms with Crippen molar-refractivity contribution in [1.29, 1.82) is 0 Å². The Bertz CT molecular complexity index is 2910. The molecule has 2 amide bonds. The predicted molar refractivity (Wildman–Crippen MR) is 268 cm³/mol.